The summed E-state index contributed by atoms with van der Waals surface area (Å²) >= 11 is 1.84. The van der Waals surface area contributed by atoms with Crippen LogP contribution in [0.5, 0.6) is 0 Å². The van der Waals surface area contributed by atoms with Gasteiger partial charge >= 0.3 is 11.8 Å². The number of rotatable bonds is 2. The molecular weight excluding hydrogens is 226 g/mol. The van der Waals surface area contributed by atoms with Gasteiger partial charge in [0.25, 0.3) is 0 Å². The van der Waals surface area contributed by atoms with Gasteiger partial charge in [0.15, 0.2) is 0 Å². The quantitative estimate of drug-likeness (QED) is 0.545. The van der Waals surface area contributed by atoms with Crippen molar-refractivity contribution in [2.75, 3.05) is 25.4 Å². The van der Waals surface area contributed by atoms with E-state index in [9.17, 15) is 9.59 Å². The minimum Gasteiger partial charge on any atom is -0.335 e. The number of hydrogen-bond acceptors (Lipinski definition) is 4. The van der Waals surface area contributed by atoms with Gasteiger partial charge in [-0.3, -0.25) is 9.59 Å². The number of carbonyl (C=O) groups is 2. The summed E-state index contributed by atoms with van der Waals surface area (Å²) < 4.78 is 0. The van der Waals surface area contributed by atoms with Crippen LogP contribution in [0.4, 0.5) is 0 Å². The molecule has 88 valence electrons. The molecule has 1 fully saturated rings. The molecule has 6 heteroatoms. The van der Waals surface area contributed by atoms with E-state index < -0.39 is 11.8 Å². The van der Waals surface area contributed by atoms with Crippen LogP contribution in [0.2, 0.25) is 0 Å². The summed E-state index contributed by atoms with van der Waals surface area (Å²) in [4.78, 5) is 24.6. The molecule has 0 aliphatic carbocycles. The fourth-order valence-electron chi connectivity index (χ4n) is 1.49. The lowest BCUT2D eigenvalue weighted by molar-refractivity contribution is -0.145. The van der Waals surface area contributed by atoms with E-state index in [1.54, 1.807) is 11.0 Å². The second-order valence-corrected chi connectivity index (χ2v) is 4.90. The van der Waals surface area contributed by atoms with Gasteiger partial charge in [-0.2, -0.15) is 17.0 Å². The van der Waals surface area contributed by atoms with Gasteiger partial charge in [-0.1, -0.05) is 6.92 Å². The van der Waals surface area contributed by atoms with Crippen molar-refractivity contribution in [2.24, 2.45) is 0 Å². The van der Waals surface area contributed by atoms with Crippen molar-refractivity contribution in [3.63, 3.8) is 0 Å². The number of nitriles is 1. The van der Waals surface area contributed by atoms with Gasteiger partial charge in [0.2, 0.25) is 0 Å². The van der Waals surface area contributed by atoms with Gasteiger partial charge in [0.1, 0.15) is 6.54 Å². The number of carbonyl (C=O) groups excluding carboxylic acids is 2. The highest BCUT2D eigenvalue weighted by Gasteiger charge is 2.26. The largest absolute Gasteiger partial charge is 0.335 e. The molecule has 0 bridgehead atoms. The molecule has 1 rings (SSSR count). The summed E-state index contributed by atoms with van der Waals surface area (Å²) in [5, 5.41) is 11.0. The van der Waals surface area contributed by atoms with Gasteiger partial charge in [-0.15, -0.1) is 0 Å². The lowest BCUT2D eigenvalue weighted by Crippen LogP contribution is -2.48. The van der Waals surface area contributed by atoms with Crippen molar-refractivity contribution in [3.05, 3.63) is 0 Å². The highest BCUT2D eigenvalue weighted by molar-refractivity contribution is 8.00. The summed E-state index contributed by atoms with van der Waals surface area (Å²) in [6.45, 7) is 3.19. The van der Waals surface area contributed by atoms with Crippen LogP contribution in [-0.2, 0) is 9.59 Å². The van der Waals surface area contributed by atoms with E-state index in [2.05, 4.69) is 12.2 Å². The number of nitrogens with zero attached hydrogens (tertiary/aromatic N) is 2. The molecule has 2 amide bonds. The molecule has 16 heavy (non-hydrogen) atoms. The Morgan fingerprint density at radius 1 is 1.62 bits per heavy atom. The molecule has 0 saturated carbocycles. The lowest BCUT2D eigenvalue weighted by atomic mass is 10.3. The van der Waals surface area contributed by atoms with Gasteiger partial charge in [-0.25, -0.2) is 0 Å². The Morgan fingerprint density at radius 2 is 2.38 bits per heavy atom. The fraction of sp³-hybridized carbons (Fsp3) is 0.700. The van der Waals surface area contributed by atoms with Crippen molar-refractivity contribution in [1.82, 2.24) is 10.2 Å². The van der Waals surface area contributed by atoms with Gasteiger partial charge in [-0.05, 0) is 6.42 Å². The van der Waals surface area contributed by atoms with Crippen molar-refractivity contribution in [3.8, 4) is 6.07 Å². The van der Waals surface area contributed by atoms with Crippen molar-refractivity contribution in [2.45, 2.75) is 18.6 Å². The van der Waals surface area contributed by atoms with Crippen molar-refractivity contribution >= 4 is 23.6 Å². The minimum absolute atomic E-state index is 0.121. The maximum Gasteiger partial charge on any atom is 0.311 e. The molecule has 0 aromatic carbocycles. The normalized spacial score (nSPS) is 20.0. The van der Waals surface area contributed by atoms with Crippen LogP contribution in [0.25, 0.3) is 0 Å². The van der Waals surface area contributed by atoms with Crippen molar-refractivity contribution in [1.29, 1.82) is 5.26 Å². The first-order valence-electron chi connectivity index (χ1n) is 5.24. The molecule has 1 aliphatic heterocycles. The molecule has 0 aromatic heterocycles. The summed E-state index contributed by atoms with van der Waals surface area (Å²) in [7, 11) is 0. The average molecular weight is 241 g/mol. The zero-order chi connectivity index (χ0) is 12.0. The highest BCUT2D eigenvalue weighted by atomic mass is 32.2. The van der Waals surface area contributed by atoms with Crippen LogP contribution in [0.3, 0.4) is 0 Å². The Labute approximate surface area is 99.2 Å². The molecule has 1 heterocycles. The number of nitrogens with one attached hydrogen (secondary N) is 1. The van der Waals surface area contributed by atoms with E-state index in [0.717, 1.165) is 12.2 Å². The topological polar surface area (TPSA) is 73.2 Å². The third-order valence-corrected chi connectivity index (χ3v) is 3.78. The predicted molar refractivity (Wildman–Crippen MR) is 61.7 cm³/mol. The van der Waals surface area contributed by atoms with Gasteiger partial charge in [0, 0.05) is 24.1 Å². The molecule has 1 unspecified atom stereocenters. The Bertz CT molecular complexity index is 314. The van der Waals surface area contributed by atoms with Crippen LogP contribution in [0, 0.1) is 11.3 Å². The summed E-state index contributed by atoms with van der Waals surface area (Å²) in [6, 6.07) is 1.77. The second-order valence-electron chi connectivity index (χ2n) is 3.49. The predicted octanol–water partition coefficient (Wildman–Crippen LogP) is -0.0198. The Hall–Kier alpha value is -1.22. The molecule has 0 aromatic rings. The van der Waals surface area contributed by atoms with E-state index in [1.165, 1.54) is 0 Å². The van der Waals surface area contributed by atoms with Crippen LogP contribution >= 0.6 is 11.8 Å². The van der Waals surface area contributed by atoms with E-state index in [-0.39, 0.29) is 6.54 Å². The van der Waals surface area contributed by atoms with E-state index in [4.69, 9.17) is 5.26 Å². The highest BCUT2D eigenvalue weighted by Crippen LogP contribution is 2.20. The minimum atomic E-state index is -0.677. The Kier molecular flexibility index (Phi) is 5.12. The molecule has 5 nitrogen and oxygen atoms in total. The van der Waals surface area contributed by atoms with Crippen LogP contribution in [0.15, 0.2) is 0 Å². The SMILES string of the molecule is CCC1CN(C(=O)C(=O)NCC#N)CCS1. The first-order chi connectivity index (χ1) is 7.69. The fourth-order valence-corrected chi connectivity index (χ4v) is 2.67. The van der Waals surface area contributed by atoms with Crippen molar-refractivity contribution < 1.29 is 9.59 Å². The lowest BCUT2D eigenvalue weighted by Gasteiger charge is -2.31. The first-order valence-corrected chi connectivity index (χ1v) is 6.29. The van der Waals surface area contributed by atoms with Gasteiger partial charge < -0.3 is 10.2 Å². The Morgan fingerprint density at radius 3 is 3.00 bits per heavy atom. The molecule has 0 spiro atoms. The van der Waals surface area contributed by atoms with E-state index >= 15 is 0 Å². The smallest absolute Gasteiger partial charge is 0.311 e. The maximum absolute atomic E-state index is 11.7. The zero-order valence-electron chi connectivity index (χ0n) is 9.23. The number of amides is 2. The monoisotopic (exact) mass is 241 g/mol. The number of thioether (sulfide) groups is 1. The van der Waals surface area contributed by atoms with Crippen LogP contribution in [0.1, 0.15) is 13.3 Å². The summed E-state index contributed by atoms with van der Waals surface area (Å²) in [5.74, 6) is -0.326. The van der Waals surface area contributed by atoms with Gasteiger partial charge in [0.05, 0.1) is 6.07 Å². The van der Waals surface area contributed by atoms with E-state index in [0.29, 0.717) is 18.3 Å². The summed E-state index contributed by atoms with van der Waals surface area (Å²) in [5.41, 5.74) is 0. The molecule has 1 N–H and O–H groups in total. The standard InChI is InChI=1S/C10H15N3O2S/c1-2-8-7-13(5-6-16-8)10(15)9(14)12-4-3-11/h8H,2,4-7H2,1H3,(H,12,14). The molecule has 1 atom stereocenters. The molecular formula is C10H15N3O2S. The van der Waals surface area contributed by atoms with Crippen LogP contribution in [-0.4, -0.2) is 47.4 Å². The second kappa shape index (κ2) is 6.38. The molecule has 1 aliphatic rings. The first kappa shape index (κ1) is 12.8. The maximum atomic E-state index is 11.7. The number of hydrogen-bond donors (Lipinski definition) is 1. The third-order valence-electron chi connectivity index (χ3n) is 2.40. The summed E-state index contributed by atoms with van der Waals surface area (Å²) in [6.07, 6.45) is 0.994. The molecule has 0 radical (unpaired) electrons. The van der Waals surface area contributed by atoms with E-state index in [1.807, 2.05) is 11.8 Å². The zero-order valence-corrected chi connectivity index (χ0v) is 10.0. The third kappa shape index (κ3) is 3.42. The molecule has 1 saturated heterocycles. The average Bonchev–Trinajstić information content (AvgIpc) is 2.35. The van der Waals surface area contributed by atoms with Crippen LogP contribution < -0.4 is 5.32 Å². The Balaban J connectivity index is 2.47.